The fraction of sp³-hybridized carbons (Fsp3) is 0.200. The maximum atomic E-state index is 13.0. The molecule has 0 radical (unpaired) electrons. The van der Waals surface area contributed by atoms with Crippen molar-refractivity contribution in [2.45, 2.75) is 19.9 Å². The van der Waals surface area contributed by atoms with Crippen LogP contribution in [0.2, 0.25) is 0 Å². The highest BCUT2D eigenvalue weighted by molar-refractivity contribution is 7.80. The second-order valence-corrected chi connectivity index (χ2v) is 6.57. The molecule has 0 bridgehead atoms. The van der Waals surface area contributed by atoms with Gasteiger partial charge in [0.25, 0.3) is 5.91 Å². The van der Waals surface area contributed by atoms with Crippen molar-refractivity contribution in [3.63, 3.8) is 0 Å². The maximum absolute atomic E-state index is 13.0. The predicted octanol–water partition coefficient (Wildman–Crippen LogP) is 3.44. The Bertz CT molecular complexity index is 858. The molecule has 0 unspecified atom stereocenters. The van der Waals surface area contributed by atoms with Crippen LogP contribution in [-0.4, -0.2) is 18.1 Å². The fourth-order valence-corrected chi connectivity index (χ4v) is 3.15. The molecule has 3 rings (SSSR count). The molecule has 0 aliphatic carbocycles. The zero-order chi connectivity index (χ0) is 18.7. The van der Waals surface area contributed by atoms with Crippen LogP contribution in [0, 0.1) is 6.92 Å². The first-order chi connectivity index (χ1) is 12.5. The fourth-order valence-electron chi connectivity index (χ4n) is 2.88. The van der Waals surface area contributed by atoms with E-state index in [4.69, 9.17) is 17.0 Å². The SMILES string of the molecule is COc1ccc(NC(=O)C2=C(C)NC(=S)N[C@H]2c2ccc(C)cc2)cc1. The van der Waals surface area contributed by atoms with Crippen LogP contribution in [-0.2, 0) is 4.79 Å². The Hall–Kier alpha value is -2.86. The Balaban J connectivity index is 1.89. The number of carbonyl (C=O) groups is 1. The molecule has 2 aromatic rings. The molecule has 134 valence electrons. The van der Waals surface area contributed by atoms with Crippen molar-refractivity contribution < 1.29 is 9.53 Å². The second-order valence-electron chi connectivity index (χ2n) is 6.16. The van der Waals surface area contributed by atoms with Gasteiger partial charge < -0.3 is 20.7 Å². The van der Waals surface area contributed by atoms with E-state index in [0.717, 1.165) is 22.6 Å². The van der Waals surface area contributed by atoms with Gasteiger partial charge in [-0.2, -0.15) is 0 Å². The highest BCUT2D eigenvalue weighted by Gasteiger charge is 2.29. The van der Waals surface area contributed by atoms with Crippen LogP contribution in [0.1, 0.15) is 24.1 Å². The van der Waals surface area contributed by atoms with Gasteiger partial charge in [0, 0.05) is 11.4 Å². The number of methoxy groups -OCH3 is 1. The number of hydrogen-bond donors (Lipinski definition) is 3. The van der Waals surface area contributed by atoms with Crippen LogP contribution >= 0.6 is 12.2 Å². The molecular weight excluding hydrogens is 346 g/mol. The molecule has 0 spiro atoms. The summed E-state index contributed by atoms with van der Waals surface area (Å²) < 4.78 is 5.15. The van der Waals surface area contributed by atoms with Gasteiger partial charge in [-0.25, -0.2) is 0 Å². The minimum Gasteiger partial charge on any atom is -0.497 e. The Morgan fingerprint density at radius 3 is 2.35 bits per heavy atom. The molecule has 0 saturated carbocycles. The first kappa shape index (κ1) is 17.9. The number of nitrogens with one attached hydrogen (secondary N) is 3. The molecule has 0 saturated heterocycles. The van der Waals surface area contributed by atoms with Crippen LogP contribution < -0.4 is 20.7 Å². The zero-order valence-corrected chi connectivity index (χ0v) is 15.7. The normalized spacial score (nSPS) is 16.6. The van der Waals surface area contributed by atoms with E-state index in [1.54, 1.807) is 19.2 Å². The molecule has 3 N–H and O–H groups in total. The number of aryl methyl sites for hydroxylation is 1. The molecule has 1 amide bonds. The Labute approximate surface area is 158 Å². The van der Waals surface area contributed by atoms with Gasteiger partial charge in [-0.3, -0.25) is 4.79 Å². The van der Waals surface area contributed by atoms with Gasteiger partial charge in [0.1, 0.15) is 5.75 Å². The molecule has 26 heavy (non-hydrogen) atoms. The van der Waals surface area contributed by atoms with Gasteiger partial charge in [0.2, 0.25) is 0 Å². The number of allylic oxidation sites excluding steroid dienone is 1. The van der Waals surface area contributed by atoms with Crippen LogP contribution in [0.15, 0.2) is 59.8 Å². The Morgan fingerprint density at radius 1 is 1.08 bits per heavy atom. The molecule has 1 aliphatic rings. The lowest BCUT2D eigenvalue weighted by Crippen LogP contribution is -2.45. The number of carbonyl (C=O) groups excluding carboxylic acids is 1. The third-order valence-corrected chi connectivity index (χ3v) is 4.49. The van der Waals surface area contributed by atoms with Gasteiger partial charge in [0.05, 0.1) is 18.7 Å². The summed E-state index contributed by atoms with van der Waals surface area (Å²) >= 11 is 5.28. The number of benzene rings is 2. The molecule has 0 aromatic heterocycles. The van der Waals surface area contributed by atoms with E-state index >= 15 is 0 Å². The lowest BCUT2D eigenvalue weighted by atomic mass is 9.94. The molecule has 1 aliphatic heterocycles. The number of rotatable bonds is 4. The molecule has 2 aromatic carbocycles. The lowest BCUT2D eigenvalue weighted by Gasteiger charge is -2.30. The van der Waals surface area contributed by atoms with Crippen molar-refractivity contribution in [3.8, 4) is 5.75 Å². The summed E-state index contributed by atoms with van der Waals surface area (Å²) in [4.78, 5) is 13.0. The number of amides is 1. The number of thiocarbonyl (C=S) groups is 1. The number of hydrogen-bond acceptors (Lipinski definition) is 3. The average Bonchev–Trinajstić information content (AvgIpc) is 2.62. The first-order valence-corrected chi connectivity index (χ1v) is 8.69. The minimum atomic E-state index is -0.303. The van der Waals surface area contributed by atoms with Gasteiger partial charge in [-0.1, -0.05) is 29.8 Å². The van der Waals surface area contributed by atoms with Crippen molar-refractivity contribution in [2.75, 3.05) is 12.4 Å². The van der Waals surface area contributed by atoms with Gasteiger partial charge in [-0.05, 0) is 55.9 Å². The molecule has 1 heterocycles. The Kier molecular flexibility index (Phi) is 5.23. The highest BCUT2D eigenvalue weighted by atomic mass is 32.1. The smallest absolute Gasteiger partial charge is 0.255 e. The number of ether oxygens (including phenoxy) is 1. The maximum Gasteiger partial charge on any atom is 0.255 e. The van der Waals surface area contributed by atoms with Crippen LogP contribution in [0.3, 0.4) is 0 Å². The summed E-state index contributed by atoms with van der Waals surface area (Å²) in [5, 5.41) is 9.70. The average molecular weight is 367 g/mol. The lowest BCUT2D eigenvalue weighted by molar-refractivity contribution is -0.113. The number of anilines is 1. The minimum absolute atomic E-state index is 0.180. The Morgan fingerprint density at radius 2 is 1.73 bits per heavy atom. The molecule has 5 nitrogen and oxygen atoms in total. The standard InChI is InChI=1S/C20H21N3O2S/c1-12-4-6-14(7-5-12)18-17(13(2)21-20(26)23-18)19(24)22-15-8-10-16(25-3)11-9-15/h4-11,18H,1-3H3,(H,22,24)(H2,21,23,26)/t18-/m0/s1. The van der Waals surface area contributed by atoms with Gasteiger partial charge >= 0.3 is 0 Å². The summed E-state index contributed by atoms with van der Waals surface area (Å²) in [7, 11) is 1.61. The van der Waals surface area contributed by atoms with E-state index in [1.807, 2.05) is 50.2 Å². The quantitative estimate of drug-likeness (QED) is 0.723. The van der Waals surface area contributed by atoms with Crippen molar-refractivity contribution in [1.29, 1.82) is 0 Å². The summed E-state index contributed by atoms with van der Waals surface area (Å²) in [5.41, 5.74) is 4.20. The van der Waals surface area contributed by atoms with Crippen molar-refractivity contribution >= 4 is 28.9 Å². The highest BCUT2D eigenvalue weighted by Crippen LogP contribution is 2.28. The van der Waals surface area contributed by atoms with Gasteiger partial charge in [0.15, 0.2) is 5.11 Å². The van der Waals surface area contributed by atoms with E-state index in [2.05, 4.69) is 16.0 Å². The van der Waals surface area contributed by atoms with E-state index < -0.39 is 0 Å². The van der Waals surface area contributed by atoms with E-state index in [1.165, 1.54) is 0 Å². The largest absolute Gasteiger partial charge is 0.497 e. The van der Waals surface area contributed by atoms with Crippen molar-refractivity contribution in [2.24, 2.45) is 0 Å². The summed E-state index contributed by atoms with van der Waals surface area (Å²) in [6, 6.07) is 15.0. The van der Waals surface area contributed by atoms with Crippen molar-refractivity contribution in [3.05, 3.63) is 70.9 Å². The topological polar surface area (TPSA) is 62.4 Å². The zero-order valence-electron chi connectivity index (χ0n) is 14.9. The molecule has 6 heteroatoms. The third kappa shape index (κ3) is 3.86. The summed E-state index contributed by atoms with van der Waals surface area (Å²) in [6.07, 6.45) is 0. The summed E-state index contributed by atoms with van der Waals surface area (Å²) in [5.74, 6) is 0.558. The van der Waals surface area contributed by atoms with Crippen LogP contribution in [0.25, 0.3) is 0 Å². The third-order valence-electron chi connectivity index (χ3n) is 4.27. The molecule has 1 atom stereocenters. The summed E-state index contributed by atoms with van der Waals surface area (Å²) in [6.45, 7) is 3.89. The predicted molar refractivity (Wildman–Crippen MR) is 107 cm³/mol. The molecular formula is C20H21N3O2S. The first-order valence-electron chi connectivity index (χ1n) is 8.28. The van der Waals surface area contributed by atoms with Crippen LogP contribution in [0.4, 0.5) is 5.69 Å². The van der Waals surface area contributed by atoms with E-state index in [0.29, 0.717) is 16.4 Å². The molecule has 0 fully saturated rings. The monoisotopic (exact) mass is 367 g/mol. The van der Waals surface area contributed by atoms with Crippen LogP contribution in [0.5, 0.6) is 5.75 Å². The van der Waals surface area contributed by atoms with E-state index in [-0.39, 0.29) is 11.9 Å². The van der Waals surface area contributed by atoms with E-state index in [9.17, 15) is 4.79 Å². The van der Waals surface area contributed by atoms with Crippen molar-refractivity contribution in [1.82, 2.24) is 10.6 Å². The second kappa shape index (κ2) is 7.58. The van der Waals surface area contributed by atoms with Gasteiger partial charge in [-0.15, -0.1) is 0 Å².